The molecule has 1 aromatic carbocycles. The molecule has 0 aromatic heterocycles. The van der Waals surface area contributed by atoms with E-state index in [0.29, 0.717) is 29.5 Å². The summed E-state index contributed by atoms with van der Waals surface area (Å²) in [6.45, 7) is 2.44. The van der Waals surface area contributed by atoms with Crippen molar-refractivity contribution in [2.75, 3.05) is 39.4 Å². The van der Waals surface area contributed by atoms with E-state index in [-0.39, 0.29) is 18.8 Å². The molecule has 0 spiro atoms. The van der Waals surface area contributed by atoms with E-state index in [2.05, 4.69) is 17.3 Å². The summed E-state index contributed by atoms with van der Waals surface area (Å²) in [5, 5.41) is 3.04. The Bertz CT molecular complexity index is 670. The van der Waals surface area contributed by atoms with Gasteiger partial charge in [0.05, 0.1) is 12.8 Å². The van der Waals surface area contributed by atoms with E-state index >= 15 is 0 Å². The number of carbonyl (C=O) groups is 1. The van der Waals surface area contributed by atoms with Crippen LogP contribution in [-0.4, -0.2) is 51.0 Å². The van der Waals surface area contributed by atoms with Gasteiger partial charge in [0.2, 0.25) is 12.5 Å². The van der Waals surface area contributed by atoms with Gasteiger partial charge in [-0.2, -0.15) is 0 Å². The maximum Gasteiger partial charge on any atom is 0.253 e. The van der Waals surface area contributed by atoms with Crippen LogP contribution in [0.2, 0.25) is 0 Å². The molecule has 130 valence electrons. The van der Waals surface area contributed by atoms with Crippen molar-refractivity contribution in [3.8, 4) is 17.2 Å². The zero-order valence-electron chi connectivity index (χ0n) is 14.0. The molecule has 0 bridgehead atoms. The zero-order valence-corrected chi connectivity index (χ0v) is 14.0. The van der Waals surface area contributed by atoms with Gasteiger partial charge in [0, 0.05) is 25.3 Å². The molecule has 3 aliphatic rings. The van der Waals surface area contributed by atoms with Crippen LogP contribution in [0.4, 0.5) is 5.69 Å². The molecule has 24 heavy (non-hydrogen) atoms. The highest BCUT2D eigenvalue weighted by atomic mass is 16.7. The largest absolute Gasteiger partial charge is 0.492 e. The number of nitrogens with one attached hydrogen (secondary N) is 1. The van der Waals surface area contributed by atoms with E-state index in [1.807, 2.05) is 0 Å². The van der Waals surface area contributed by atoms with Gasteiger partial charge in [-0.25, -0.2) is 0 Å². The Labute approximate surface area is 140 Å². The fourth-order valence-electron chi connectivity index (χ4n) is 3.63. The molecule has 1 atom stereocenters. The fourth-order valence-corrected chi connectivity index (χ4v) is 3.63. The first-order valence-corrected chi connectivity index (χ1v) is 8.31. The number of hydrogen-bond donors (Lipinski definition) is 1. The quantitative estimate of drug-likeness (QED) is 0.904. The van der Waals surface area contributed by atoms with Crippen molar-refractivity contribution in [3.05, 3.63) is 11.1 Å². The zero-order chi connectivity index (χ0) is 16.7. The summed E-state index contributed by atoms with van der Waals surface area (Å²) in [5.41, 5.74) is 2.84. The second kappa shape index (κ2) is 6.14. The number of methoxy groups -OCH3 is 1. The number of rotatable bonds is 3. The number of fused-ring (bicyclic) bond motifs is 2. The minimum absolute atomic E-state index is 0.114. The van der Waals surface area contributed by atoms with Crippen LogP contribution in [-0.2, 0) is 22.5 Å². The third kappa shape index (κ3) is 2.48. The molecule has 1 fully saturated rings. The van der Waals surface area contributed by atoms with Gasteiger partial charge < -0.3 is 29.2 Å². The number of ether oxygens (including phenoxy) is 4. The maximum atomic E-state index is 12.5. The first kappa shape index (κ1) is 15.5. The molecular formula is C17H22N2O5. The Kier molecular flexibility index (Phi) is 3.97. The summed E-state index contributed by atoms with van der Waals surface area (Å²) in [4.78, 5) is 14.8. The van der Waals surface area contributed by atoms with Gasteiger partial charge in [-0.1, -0.05) is 0 Å². The summed E-state index contributed by atoms with van der Waals surface area (Å²) in [6.07, 6.45) is 2.11. The van der Waals surface area contributed by atoms with Crippen molar-refractivity contribution in [1.29, 1.82) is 0 Å². The smallest absolute Gasteiger partial charge is 0.253 e. The maximum absolute atomic E-state index is 12.5. The summed E-state index contributed by atoms with van der Waals surface area (Å²) in [6, 6.07) is 0. The van der Waals surface area contributed by atoms with Crippen LogP contribution in [0.3, 0.4) is 0 Å². The number of benzene rings is 1. The van der Waals surface area contributed by atoms with Gasteiger partial charge in [0.25, 0.3) is 5.91 Å². The van der Waals surface area contributed by atoms with Crippen molar-refractivity contribution < 1.29 is 23.7 Å². The van der Waals surface area contributed by atoms with Gasteiger partial charge in [-0.3, -0.25) is 4.79 Å². The number of hydrogen-bond acceptors (Lipinski definition) is 6. The van der Waals surface area contributed by atoms with E-state index in [9.17, 15) is 4.79 Å². The summed E-state index contributed by atoms with van der Waals surface area (Å²) in [5.74, 6) is 1.74. The molecule has 1 unspecified atom stereocenters. The molecule has 0 radical (unpaired) electrons. The predicted octanol–water partition coefficient (Wildman–Crippen LogP) is 1.53. The van der Waals surface area contributed by atoms with E-state index in [4.69, 9.17) is 18.9 Å². The summed E-state index contributed by atoms with van der Waals surface area (Å²) >= 11 is 0. The van der Waals surface area contributed by atoms with Crippen LogP contribution < -0.4 is 19.5 Å². The lowest BCUT2D eigenvalue weighted by Gasteiger charge is -2.29. The third-order valence-electron chi connectivity index (χ3n) is 4.83. The highest BCUT2D eigenvalue weighted by molar-refractivity contribution is 5.98. The van der Waals surface area contributed by atoms with E-state index in [1.165, 1.54) is 0 Å². The molecule has 1 amide bonds. The van der Waals surface area contributed by atoms with E-state index in [0.717, 1.165) is 43.5 Å². The van der Waals surface area contributed by atoms with Crippen molar-refractivity contribution >= 4 is 11.6 Å². The van der Waals surface area contributed by atoms with Crippen molar-refractivity contribution in [2.24, 2.45) is 0 Å². The molecule has 0 saturated carbocycles. The number of anilines is 1. The average molecular weight is 334 g/mol. The molecule has 7 nitrogen and oxygen atoms in total. The Morgan fingerprint density at radius 1 is 1.29 bits per heavy atom. The lowest BCUT2D eigenvalue weighted by molar-refractivity contribution is -0.124. The van der Waals surface area contributed by atoms with Gasteiger partial charge in [0.15, 0.2) is 11.5 Å². The van der Waals surface area contributed by atoms with Crippen LogP contribution >= 0.6 is 0 Å². The second-order valence-electron chi connectivity index (χ2n) is 6.41. The predicted molar refractivity (Wildman–Crippen MR) is 86.8 cm³/mol. The van der Waals surface area contributed by atoms with Gasteiger partial charge in [-0.05, 0) is 31.9 Å². The lowest BCUT2D eigenvalue weighted by Crippen LogP contribution is -2.31. The van der Waals surface area contributed by atoms with Crippen LogP contribution in [0.1, 0.15) is 24.0 Å². The van der Waals surface area contributed by atoms with Gasteiger partial charge in [-0.15, -0.1) is 0 Å². The van der Waals surface area contributed by atoms with Gasteiger partial charge >= 0.3 is 0 Å². The normalized spacial score (nSPS) is 22.3. The summed E-state index contributed by atoms with van der Waals surface area (Å²) < 4.78 is 22.4. The lowest BCUT2D eigenvalue weighted by atomic mass is 9.95. The molecule has 1 N–H and O–H groups in total. The highest BCUT2D eigenvalue weighted by Crippen LogP contribution is 2.52. The third-order valence-corrected chi connectivity index (χ3v) is 4.83. The topological polar surface area (TPSA) is 69.3 Å². The molecule has 4 rings (SSSR count). The Balaban J connectivity index is 1.76. The molecule has 3 heterocycles. The number of likely N-dealkylation sites (N-methyl/N-ethyl adjacent to an activating group) is 1. The molecule has 3 aliphatic heterocycles. The minimum atomic E-state index is -0.382. The SMILES string of the molecule is COc1c2c(c(NC(=O)C3CCCO3)c3c1OCO3)CCN(C)C2. The number of carbonyl (C=O) groups excluding carboxylic acids is 1. The molecule has 0 aliphatic carbocycles. The first-order valence-electron chi connectivity index (χ1n) is 8.31. The fraction of sp³-hybridized carbons (Fsp3) is 0.588. The highest BCUT2D eigenvalue weighted by Gasteiger charge is 2.34. The van der Waals surface area contributed by atoms with Crippen LogP contribution in [0.15, 0.2) is 0 Å². The van der Waals surface area contributed by atoms with Crippen LogP contribution in [0, 0.1) is 0 Å². The van der Waals surface area contributed by atoms with E-state index < -0.39 is 0 Å². The number of nitrogens with zero attached hydrogens (tertiary/aromatic N) is 1. The Morgan fingerprint density at radius 2 is 2.12 bits per heavy atom. The second-order valence-corrected chi connectivity index (χ2v) is 6.41. The molecule has 1 aromatic rings. The monoisotopic (exact) mass is 334 g/mol. The standard InChI is InChI=1S/C17H22N2O5/c1-19-6-5-10-11(8-19)14(21-2)16-15(23-9-24-16)13(10)18-17(20)12-4-3-7-22-12/h12H,3-9H2,1-2H3,(H,18,20). The van der Waals surface area contributed by atoms with Gasteiger partial charge in [0.1, 0.15) is 6.10 Å². The van der Waals surface area contributed by atoms with Crippen molar-refractivity contribution in [2.45, 2.75) is 31.9 Å². The average Bonchev–Trinajstić information content (AvgIpc) is 3.26. The van der Waals surface area contributed by atoms with Crippen LogP contribution in [0.5, 0.6) is 17.2 Å². The Hall–Kier alpha value is -1.99. The van der Waals surface area contributed by atoms with E-state index in [1.54, 1.807) is 7.11 Å². The van der Waals surface area contributed by atoms with Crippen molar-refractivity contribution in [1.82, 2.24) is 4.90 Å². The number of amides is 1. The first-order chi connectivity index (χ1) is 11.7. The molecule has 7 heteroatoms. The molecule has 1 saturated heterocycles. The minimum Gasteiger partial charge on any atom is -0.492 e. The Morgan fingerprint density at radius 3 is 2.88 bits per heavy atom. The summed E-state index contributed by atoms with van der Waals surface area (Å²) in [7, 11) is 3.70. The molecular weight excluding hydrogens is 312 g/mol. The van der Waals surface area contributed by atoms with Crippen LogP contribution in [0.25, 0.3) is 0 Å². The van der Waals surface area contributed by atoms with Crippen molar-refractivity contribution in [3.63, 3.8) is 0 Å².